The van der Waals surface area contributed by atoms with Crippen molar-refractivity contribution in [1.82, 2.24) is 4.67 Å². The van der Waals surface area contributed by atoms with Crippen LogP contribution in [-0.4, -0.2) is 75.3 Å². The first-order valence-corrected chi connectivity index (χ1v) is 8.75. The fourth-order valence-corrected chi connectivity index (χ4v) is 3.80. The van der Waals surface area contributed by atoms with Crippen LogP contribution in [0.2, 0.25) is 0 Å². The molecule has 8 nitrogen and oxygen atoms in total. The Morgan fingerprint density at radius 2 is 1.52 bits per heavy atom. The van der Waals surface area contributed by atoms with Gasteiger partial charge in [-0.1, -0.05) is 0 Å². The normalized spacial score (nSPS) is 17.3. The Hall–Kier alpha value is -0.360. The Morgan fingerprint density at radius 1 is 1.04 bits per heavy atom. The largest absolute Gasteiger partial charge is 0.394 e. The zero-order valence-electron chi connectivity index (χ0n) is 14.2. The molecule has 4 N–H and O–H groups in total. The van der Waals surface area contributed by atoms with Gasteiger partial charge in [-0.2, -0.15) is 5.26 Å². The topological polar surface area (TPSA) is 126 Å². The van der Waals surface area contributed by atoms with Crippen molar-refractivity contribution in [2.45, 2.75) is 64.5 Å². The van der Waals surface area contributed by atoms with Gasteiger partial charge in [0.25, 0.3) is 8.53 Å². The van der Waals surface area contributed by atoms with Gasteiger partial charge in [0.1, 0.15) is 18.3 Å². The van der Waals surface area contributed by atoms with Gasteiger partial charge < -0.3 is 29.5 Å². The van der Waals surface area contributed by atoms with Crippen molar-refractivity contribution >= 4 is 8.53 Å². The summed E-state index contributed by atoms with van der Waals surface area (Å²) in [6.45, 7) is 6.71. The quantitative estimate of drug-likeness (QED) is 0.293. The molecule has 0 saturated carbocycles. The number of aliphatic hydroxyl groups excluding tert-OH is 4. The molecule has 0 rings (SSSR count). The number of hydrogen-bond donors (Lipinski definition) is 4. The number of nitrogens with zero attached hydrogens (tertiary/aromatic N) is 2. The van der Waals surface area contributed by atoms with Crippen LogP contribution >= 0.6 is 8.53 Å². The summed E-state index contributed by atoms with van der Waals surface area (Å²) >= 11 is 0. The second-order valence-corrected chi connectivity index (χ2v) is 7.02. The molecule has 2 unspecified atom stereocenters. The molecule has 23 heavy (non-hydrogen) atoms. The summed E-state index contributed by atoms with van der Waals surface area (Å²) < 4.78 is 13.3. The zero-order chi connectivity index (χ0) is 18.0. The third-order valence-corrected chi connectivity index (χ3v) is 5.13. The van der Waals surface area contributed by atoms with Crippen LogP contribution in [0.3, 0.4) is 0 Å². The summed E-state index contributed by atoms with van der Waals surface area (Å²) in [7, 11) is -1.69. The third-order valence-electron chi connectivity index (χ3n) is 3.01. The number of nitriles is 1. The maximum Gasteiger partial charge on any atom is 0.259 e. The smallest absolute Gasteiger partial charge is 0.259 e. The highest BCUT2D eigenvalue weighted by molar-refractivity contribution is 7.44. The van der Waals surface area contributed by atoms with Crippen LogP contribution in [0.5, 0.6) is 0 Å². The van der Waals surface area contributed by atoms with E-state index in [9.17, 15) is 10.2 Å². The van der Waals surface area contributed by atoms with Crippen LogP contribution in [0.4, 0.5) is 0 Å². The van der Waals surface area contributed by atoms with E-state index >= 15 is 0 Å². The molecule has 136 valence electrons. The predicted molar refractivity (Wildman–Crippen MR) is 86.3 cm³/mol. The fraction of sp³-hybridized carbons (Fsp3) is 0.929. The Bertz CT molecular complexity index is 335. The lowest BCUT2D eigenvalue weighted by Gasteiger charge is -2.38. The van der Waals surface area contributed by atoms with Gasteiger partial charge in [0.05, 0.1) is 32.3 Å². The highest BCUT2D eigenvalue weighted by Gasteiger charge is 2.35. The maximum absolute atomic E-state index is 9.84. The fourth-order valence-electron chi connectivity index (χ4n) is 2.00. The number of aliphatic hydroxyl groups is 4. The van der Waals surface area contributed by atoms with Gasteiger partial charge in [-0.15, -0.1) is 0 Å². The molecule has 0 bridgehead atoms. The summed E-state index contributed by atoms with van der Waals surface area (Å²) in [5, 5.41) is 46.6. The SMILES string of the molecule is CC(C)N(C(C)C)P(OCCC#N)OC([C@H](O)CO)[C@@H](O)CO. The lowest BCUT2D eigenvalue weighted by molar-refractivity contribution is -0.0822. The van der Waals surface area contributed by atoms with E-state index in [1.54, 1.807) is 0 Å². The van der Waals surface area contributed by atoms with Crippen molar-refractivity contribution in [2.24, 2.45) is 0 Å². The van der Waals surface area contributed by atoms with Crippen LogP contribution in [0.1, 0.15) is 34.1 Å². The van der Waals surface area contributed by atoms with E-state index in [1.165, 1.54) is 0 Å². The van der Waals surface area contributed by atoms with Crippen molar-refractivity contribution in [3.63, 3.8) is 0 Å². The molecule has 0 saturated heterocycles. The summed E-state index contributed by atoms with van der Waals surface area (Å²) in [6.07, 6.45) is -3.73. The summed E-state index contributed by atoms with van der Waals surface area (Å²) in [6, 6.07) is 2.09. The molecule has 0 aliphatic rings. The second-order valence-electron chi connectivity index (χ2n) is 5.62. The van der Waals surface area contributed by atoms with E-state index in [1.807, 2.05) is 38.4 Å². The molecule has 0 aromatic rings. The second kappa shape index (κ2) is 12.1. The Morgan fingerprint density at radius 3 is 1.87 bits per heavy atom. The number of rotatable bonds is 12. The molecule has 0 aromatic carbocycles. The van der Waals surface area contributed by atoms with Gasteiger partial charge in [-0.3, -0.25) is 0 Å². The van der Waals surface area contributed by atoms with E-state index in [4.69, 9.17) is 24.5 Å². The first kappa shape index (κ1) is 22.6. The van der Waals surface area contributed by atoms with E-state index in [-0.39, 0.29) is 25.1 Å². The van der Waals surface area contributed by atoms with Gasteiger partial charge in [0.15, 0.2) is 0 Å². The van der Waals surface area contributed by atoms with Gasteiger partial charge in [0, 0.05) is 12.1 Å². The van der Waals surface area contributed by atoms with Crippen LogP contribution in [-0.2, 0) is 9.05 Å². The van der Waals surface area contributed by atoms with Gasteiger partial charge in [0.2, 0.25) is 0 Å². The molecule has 0 amide bonds. The van der Waals surface area contributed by atoms with Crippen molar-refractivity contribution in [2.75, 3.05) is 19.8 Å². The summed E-state index contributed by atoms with van der Waals surface area (Å²) in [5.74, 6) is 0. The number of hydrogen-bond acceptors (Lipinski definition) is 8. The van der Waals surface area contributed by atoms with E-state index < -0.39 is 40.1 Å². The molecular weight excluding hydrogens is 323 g/mol. The Balaban J connectivity index is 5.25. The maximum atomic E-state index is 9.84. The van der Waals surface area contributed by atoms with Crippen LogP contribution in [0.15, 0.2) is 0 Å². The highest BCUT2D eigenvalue weighted by atomic mass is 31.2. The zero-order valence-corrected chi connectivity index (χ0v) is 15.1. The van der Waals surface area contributed by atoms with Crippen molar-refractivity contribution < 1.29 is 29.5 Å². The van der Waals surface area contributed by atoms with Crippen molar-refractivity contribution in [3.8, 4) is 6.07 Å². The highest BCUT2D eigenvalue weighted by Crippen LogP contribution is 2.47. The molecule has 0 fully saturated rings. The van der Waals surface area contributed by atoms with Crippen molar-refractivity contribution in [3.05, 3.63) is 0 Å². The Labute approximate surface area is 139 Å². The molecule has 0 aliphatic heterocycles. The molecule has 9 heteroatoms. The minimum atomic E-state index is -1.69. The first-order chi connectivity index (χ1) is 10.8. The van der Waals surface area contributed by atoms with Crippen LogP contribution in [0, 0.1) is 11.3 Å². The van der Waals surface area contributed by atoms with Crippen LogP contribution in [0.25, 0.3) is 0 Å². The molecule has 0 heterocycles. The molecule has 0 radical (unpaired) electrons. The van der Waals surface area contributed by atoms with Crippen molar-refractivity contribution in [1.29, 1.82) is 5.26 Å². The molecule has 0 spiro atoms. The van der Waals surface area contributed by atoms with Gasteiger partial charge in [-0.05, 0) is 27.7 Å². The lowest BCUT2D eigenvalue weighted by atomic mass is 10.1. The average Bonchev–Trinajstić information content (AvgIpc) is 2.50. The predicted octanol–water partition coefficient (Wildman–Crippen LogP) is 0.354. The molecule has 4 atom stereocenters. The Kier molecular flexibility index (Phi) is 11.9. The standard InChI is InChI=1S/C14H29N2O6P/c1-10(2)16(11(3)4)23(21-7-5-6-15)22-14(12(19)8-17)13(20)9-18/h10-14,17-20H,5,7-9H2,1-4H3/t12-,13+,14?,23?. The lowest BCUT2D eigenvalue weighted by Crippen LogP contribution is -2.44. The monoisotopic (exact) mass is 352 g/mol. The molecule has 0 aromatic heterocycles. The van der Waals surface area contributed by atoms with Gasteiger partial charge in [-0.25, -0.2) is 4.67 Å². The minimum Gasteiger partial charge on any atom is -0.394 e. The van der Waals surface area contributed by atoms with Crippen LogP contribution < -0.4 is 0 Å². The first-order valence-electron chi connectivity index (χ1n) is 7.62. The van der Waals surface area contributed by atoms with Gasteiger partial charge >= 0.3 is 0 Å². The summed E-state index contributed by atoms with van der Waals surface area (Å²) in [4.78, 5) is 0. The van der Waals surface area contributed by atoms with E-state index in [2.05, 4.69) is 0 Å². The van der Waals surface area contributed by atoms with E-state index in [0.717, 1.165) is 0 Å². The van der Waals surface area contributed by atoms with E-state index in [0.29, 0.717) is 0 Å². The average molecular weight is 352 g/mol. The summed E-state index contributed by atoms with van der Waals surface area (Å²) in [5.41, 5.74) is 0. The molecule has 0 aliphatic carbocycles. The molecular formula is C14H29N2O6P. The third kappa shape index (κ3) is 7.84. The minimum absolute atomic E-state index is 0.0568.